The number of nitrogens with zero attached hydrogens (tertiary/aromatic N) is 2. The van der Waals surface area contributed by atoms with Crippen LogP contribution in [0.25, 0.3) is 0 Å². The molecule has 3 N–H and O–H groups in total. The first-order chi connectivity index (χ1) is 16.4. The van der Waals surface area contributed by atoms with Gasteiger partial charge in [0.25, 0.3) is 0 Å². The normalized spacial score (nSPS) is 17.3. The SMILES string of the molecule is COc1cccc(N2CCN(CCCCC3C(=O)Nc4ccccc43)CC2)c1.O=C(O)C(=O)O. The van der Waals surface area contributed by atoms with Crippen LogP contribution in [0.3, 0.4) is 0 Å². The Morgan fingerprint density at radius 1 is 1.00 bits per heavy atom. The predicted molar refractivity (Wildman–Crippen MR) is 129 cm³/mol. The van der Waals surface area contributed by atoms with E-state index in [4.69, 9.17) is 24.5 Å². The van der Waals surface area contributed by atoms with Gasteiger partial charge in [0.05, 0.1) is 13.0 Å². The molecule has 34 heavy (non-hydrogen) atoms. The van der Waals surface area contributed by atoms with Gasteiger partial charge in [0.2, 0.25) is 5.91 Å². The third kappa shape index (κ3) is 6.71. The molecular formula is C25H31N3O6. The first kappa shape index (κ1) is 25.0. The van der Waals surface area contributed by atoms with Crippen molar-refractivity contribution in [2.75, 3.05) is 50.1 Å². The first-order valence-electron chi connectivity index (χ1n) is 11.4. The van der Waals surface area contributed by atoms with Gasteiger partial charge in [-0.1, -0.05) is 30.7 Å². The van der Waals surface area contributed by atoms with Crippen molar-refractivity contribution in [1.82, 2.24) is 4.90 Å². The maximum atomic E-state index is 12.2. The molecule has 2 aromatic rings. The highest BCUT2D eigenvalue weighted by Crippen LogP contribution is 2.35. The summed E-state index contributed by atoms with van der Waals surface area (Å²) >= 11 is 0. The molecule has 0 bridgehead atoms. The molecule has 0 saturated carbocycles. The number of piperazine rings is 1. The number of amides is 1. The molecule has 0 aromatic heterocycles. The lowest BCUT2D eigenvalue weighted by molar-refractivity contribution is -0.159. The van der Waals surface area contributed by atoms with Gasteiger partial charge in [-0.05, 0) is 43.1 Å². The second-order valence-electron chi connectivity index (χ2n) is 8.27. The Bertz CT molecular complexity index is 992. The number of carboxylic acid groups (broad SMARTS) is 2. The highest BCUT2D eigenvalue weighted by atomic mass is 16.5. The van der Waals surface area contributed by atoms with Crippen LogP contribution in [0.1, 0.15) is 30.7 Å². The summed E-state index contributed by atoms with van der Waals surface area (Å²) in [7, 11) is 1.71. The van der Waals surface area contributed by atoms with E-state index in [2.05, 4.69) is 39.4 Å². The summed E-state index contributed by atoms with van der Waals surface area (Å²) in [5.74, 6) is -2.54. The molecule has 2 aliphatic rings. The highest BCUT2D eigenvalue weighted by Gasteiger charge is 2.29. The van der Waals surface area contributed by atoms with E-state index < -0.39 is 11.9 Å². The fraction of sp³-hybridized carbons (Fsp3) is 0.400. The number of aliphatic carboxylic acids is 2. The van der Waals surface area contributed by atoms with Crippen LogP contribution in [-0.4, -0.2) is 72.8 Å². The molecule has 1 fully saturated rings. The molecule has 1 unspecified atom stereocenters. The van der Waals surface area contributed by atoms with E-state index >= 15 is 0 Å². The molecule has 1 saturated heterocycles. The Hall–Kier alpha value is -3.59. The average molecular weight is 470 g/mol. The number of methoxy groups -OCH3 is 1. The van der Waals surface area contributed by atoms with E-state index in [9.17, 15) is 4.79 Å². The van der Waals surface area contributed by atoms with Crippen LogP contribution >= 0.6 is 0 Å². The van der Waals surface area contributed by atoms with E-state index in [1.165, 1.54) is 11.3 Å². The second-order valence-corrected chi connectivity index (χ2v) is 8.27. The van der Waals surface area contributed by atoms with Crippen molar-refractivity contribution in [1.29, 1.82) is 0 Å². The summed E-state index contributed by atoms with van der Waals surface area (Å²) in [6.45, 7) is 5.38. The summed E-state index contributed by atoms with van der Waals surface area (Å²) in [5, 5.41) is 17.8. The quantitative estimate of drug-likeness (QED) is 0.418. The number of carboxylic acids is 2. The lowest BCUT2D eigenvalue weighted by Crippen LogP contribution is -2.46. The molecule has 4 rings (SSSR count). The van der Waals surface area contributed by atoms with Gasteiger partial charge in [-0.15, -0.1) is 0 Å². The molecule has 182 valence electrons. The number of anilines is 2. The van der Waals surface area contributed by atoms with Gasteiger partial charge in [-0.2, -0.15) is 0 Å². The largest absolute Gasteiger partial charge is 0.497 e. The van der Waals surface area contributed by atoms with Crippen LogP contribution in [0.15, 0.2) is 48.5 Å². The molecule has 0 radical (unpaired) electrons. The van der Waals surface area contributed by atoms with E-state index in [1.807, 2.05) is 24.3 Å². The van der Waals surface area contributed by atoms with Crippen LogP contribution in [-0.2, 0) is 14.4 Å². The fourth-order valence-corrected chi connectivity index (χ4v) is 4.28. The Balaban J connectivity index is 0.000000481. The van der Waals surface area contributed by atoms with E-state index in [1.54, 1.807) is 7.11 Å². The van der Waals surface area contributed by atoms with Crippen molar-refractivity contribution >= 4 is 29.2 Å². The van der Waals surface area contributed by atoms with E-state index in [0.717, 1.165) is 63.4 Å². The Kier molecular flexibility index (Phi) is 8.86. The van der Waals surface area contributed by atoms with Crippen molar-refractivity contribution in [3.63, 3.8) is 0 Å². The lowest BCUT2D eigenvalue weighted by atomic mass is 9.95. The number of ether oxygens (including phenoxy) is 1. The summed E-state index contributed by atoms with van der Waals surface area (Å²) in [6, 6.07) is 16.4. The zero-order chi connectivity index (χ0) is 24.5. The minimum atomic E-state index is -1.82. The smallest absolute Gasteiger partial charge is 0.414 e. The van der Waals surface area contributed by atoms with Gasteiger partial charge in [0.15, 0.2) is 0 Å². The Labute approximate surface area is 198 Å². The third-order valence-electron chi connectivity index (χ3n) is 6.10. The van der Waals surface area contributed by atoms with Crippen LogP contribution < -0.4 is 15.0 Å². The highest BCUT2D eigenvalue weighted by molar-refractivity contribution is 6.27. The zero-order valence-electron chi connectivity index (χ0n) is 19.3. The molecule has 2 aromatic carbocycles. The summed E-state index contributed by atoms with van der Waals surface area (Å²) in [6.07, 6.45) is 3.17. The summed E-state index contributed by atoms with van der Waals surface area (Å²) in [5.41, 5.74) is 3.40. The molecule has 9 heteroatoms. The molecular weight excluding hydrogens is 438 g/mol. The van der Waals surface area contributed by atoms with Crippen molar-refractivity contribution < 1.29 is 29.3 Å². The number of hydrogen-bond acceptors (Lipinski definition) is 6. The average Bonchev–Trinajstić information content (AvgIpc) is 3.17. The maximum absolute atomic E-state index is 12.2. The van der Waals surface area contributed by atoms with Gasteiger partial charge >= 0.3 is 11.9 Å². The second kappa shape index (κ2) is 12.0. The molecule has 0 spiro atoms. The number of carbonyl (C=O) groups excluding carboxylic acids is 1. The summed E-state index contributed by atoms with van der Waals surface area (Å²) in [4.78, 5) is 35.4. The predicted octanol–water partition coefficient (Wildman–Crippen LogP) is 2.88. The van der Waals surface area contributed by atoms with Crippen molar-refractivity contribution in [2.45, 2.75) is 25.2 Å². The number of para-hydroxylation sites is 1. The number of fused-ring (bicyclic) bond motifs is 1. The van der Waals surface area contributed by atoms with E-state index in [-0.39, 0.29) is 11.8 Å². The lowest BCUT2D eigenvalue weighted by Gasteiger charge is -2.36. The van der Waals surface area contributed by atoms with Crippen LogP contribution in [0.2, 0.25) is 0 Å². The Morgan fingerprint density at radius 3 is 2.38 bits per heavy atom. The standard InChI is InChI=1S/C23H29N3O2.C2H2O4/c1-28-19-8-6-7-18(17-19)26-15-13-25(14-16-26)12-5-4-10-21-20-9-2-3-11-22(20)24-23(21)27;3-1(4)2(5)6/h2-3,6-9,11,17,21H,4-5,10,12-16H2,1H3,(H,24,27);(H,3,4)(H,5,6). The fourth-order valence-electron chi connectivity index (χ4n) is 4.28. The maximum Gasteiger partial charge on any atom is 0.414 e. The van der Waals surface area contributed by atoms with Crippen LogP contribution in [0.4, 0.5) is 11.4 Å². The molecule has 1 atom stereocenters. The minimum absolute atomic E-state index is 0.0288. The van der Waals surface area contributed by atoms with Crippen molar-refractivity contribution in [3.8, 4) is 5.75 Å². The number of unbranched alkanes of at least 4 members (excludes halogenated alkanes) is 1. The number of benzene rings is 2. The third-order valence-corrected chi connectivity index (χ3v) is 6.10. The monoisotopic (exact) mass is 469 g/mol. The molecule has 1 amide bonds. The van der Waals surface area contributed by atoms with E-state index in [0.29, 0.717) is 0 Å². The van der Waals surface area contributed by atoms with Crippen LogP contribution in [0, 0.1) is 0 Å². The van der Waals surface area contributed by atoms with Gasteiger partial charge in [-0.3, -0.25) is 9.69 Å². The van der Waals surface area contributed by atoms with Gasteiger partial charge < -0.3 is 25.2 Å². The Morgan fingerprint density at radius 2 is 1.71 bits per heavy atom. The topological polar surface area (TPSA) is 119 Å². The molecule has 2 heterocycles. The van der Waals surface area contributed by atoms with Crippen molar-refractivity contribution in [2.24, 2.45) is 0 Å². The number of nitrogens with one attached hydrogen (secondary N) is 1. The van der Waals surface area contributed by atoms with Crippen LogP contribution in [0.5, 0.6) is 5.75 Å². The number of hydrogen-bond donors (Lipinski definition) is 3. The van der Waals surface area contributed by atoms with Crippen molar-refractivity contribution in [3.05, 3.63) is 54.1 Å². The number of carbonyl (C=O) groups is 3. The molecule has 9 nitrogen and oxygen atoms in total. The molecule has 2 aliphatic heterocycles. The van der Waals surface area contributed by atoms with Gasteiger partial charge in [-0.25, -0.2) is 9.59 Å². The zero-order valence-corrected chi connectivity index (χ0v) is 19.3. The number of rotatable bonds is 7. The minimum Gasteiger partial charge on any atom is -0.497 e. The molecule has 0 aliphatic carbocycles. The van der Waals surface area contributed by atoms with Gasteiger partial charge in [0.1, 0.15) is 5.75 Å². The first-order valence-corrected chi connectivity index (χ1v) is 11.4. The van der Waals surface area contributed by atoms with Gasteiger partial charge in [0, 0.05) is 43.6 Å². The summed E-state index contributed by atoms with van der Waals surface area (Å²) < 4.78 is 5.34.